The Kier molecular flexibility index (Phi) is 5.36. The summed E-state index contributed by atoms with van der Waals surface area (Å²) in [5, 5.41) is 13.0. The maximum atomic E-state index is 13.8. The molecule has 1 aromatic carbocycles. The number of carbonyl (C=O) groups excluding carboxylic acids is 2. The predicted octanol–water partition coefficient (Wildman–Crippen LogP) is 2.55. The summed E-state index contributed by atoms with van der Waals surface area (Å²) in [6, 6.07) is 3.88. The topological polar surface area (TPSA) is 69.6 Å². The van der Waals surface area contributed by atoms with E-state index in [9.17, 15) is 19.1 Å². The Labute approximate surface area is 135 Å². The van der Waals surface area contributed by atoms with Gasteiger partial charge in [-0.3, -0.25) is 9.59 Å². The Bertz CT molecular complexity index is 596. The predicted molar refractivity (Wildman–Crippen MR) is 85.7 cm³/mol. The standard InChI is InChI=1S/C17H23FN2O3/c1-20(2)16(22)13-10-12(6-7-14(13)18)19-15(21)11-17(23)8-4-3-5-9-17/h6-7,10,23H,3-5,8-9,11H2,1-2H3,(H,19,21). The second-order valence-electron chi connectivity index (χ2n) is 6.40. The van der Waals surface area contributed by atoms with Crippen molar-refractivity contribution in [1.82, 2.24) is 4.90 Å². The van der Waals surface area contributed by atoms with Crippen molar-refractivity contribution in [2.24, 2.45) is 0 Å². The molecule has 0 heterocycles. The van der Waals surface area contributed by atoms with Crippen LogP contribution in [0, 0.1) is 5.82 Å². The second-order valence-corrected chi connectivity index (χ2v) is 6.40. The highest BCUT2D eigenvalue weighted by molar-refractivity contribution is 5.97. The van der Waals surface area contributed by atoms with E-state index in [2.05, 4.69) is 5.32 Å². The van der Waals surface area contributed by atoms with Crippen LogP contribution in [0.25, 0.3) is 0 Å². The van der Waals surface area contributed by atoms with Gasteiger partial charge in [-0.2, -0.15) is 0 Å². The minimum atomic E-state index is -0.954. The summed E-state index contributed by atoms with van der Waals surface area (Å²) >= 11 is 0. The van der Waals surface area contributed by atoms with Gasteiger partial charge in [0, 0.05) is 19.8 Å². The van der Waals surface area contributed by atoms with Gasteiger partial charge in [0.15, 0.2) is 0 Å². The maximum Gasteiger partial charge on any atom is 0.256 e. The molecule has 1 aliphatic carbocycles. The van der Waals surface area contributed by atoms with Crippen LogP contribution >= 0.6 is 0 Å². The third-order valence-electron chi connectivity index (χ3n) is 4.16. The summed E-state index contributed by atoms with van der Waals surface area (Å²) in [6.45, 7) is 0. The fourth-order valence-electron chi connectivity index (χ4n) is 2.90. The van der Waals surface area contributed by atoms with Crippen molar-refractivity contribution in [2.45, 2.75) is 44.1 Å². The molecule has 1 aliphatic rings. The molecule has 0 spiro atoms. The first-order valence-corrected chi connectivity index (χ1v) is 7.84. The van der Waals surface area contributed by atoms with Gasteiger partial charge in [0.2, 0.25) is 5.91 Å². The number of halogens is 1. The van der Waals surface area contributed by atoms with Crippen molar-refractivity contribution in [1.29, 1.82) is 0 Å². The monoisotopic (exact) mass is 322 g/mol. The van der Waals surface area contributed by atoms with E-state index in [0.717, 1.165) is 25.3 Å². The lowest BCUT2D eigenvalue weighted by molar-refractivity contribution is -0.122. The first kappa shape index (κ1) is 17.4. The molecule has 0 saturated heterocycles. The zero-order chi connectivity index (χ0) is 17.0. The van der Waals surface area contributed by atoms with Crippen molar-refractivity contribution < 1.29 is 19.1 Å². The van der Waals surface area contributed by atoms with Crippen molar-refractivity contribution >= 4 is 17.5 Å². The van der Waals surface area contributed by atoms with Gasteiger partial charge in [-0.05, 0) is 31.0 Å². The average Bonchev–Trinajstić information content (AvgIpc) is 2.48. The number of amides is 2. The van der Waals surface area contributed by atoms with Gasteiger partial charge in [-0.25, -0.2) is 4.39 Å². The molecule has 1 aromatic rings. The molecule has 23 heavy (non-hydrogen) atoms. The van der Waals surface area contributed by atoms with Crippen LogP contribution in [0.3, 0.4) is 0 Å². The van der Waals surface area contributed by atoms with Gasteiger partial charge >= 0.3 is 0 Å². The van der Waals surface area contributed by atoms with Crippen molar-refractivity contribution in [3.05, 3.63) is 29.6 Å². The lowest BCUT2D eigenvalue weighted by Gasteiger charge is -2.31. The molecule has 5 nitrogen and oxygen atoms in total. The third-order valence-corrected chi connectivity index (χ3v) is 4.16. The van der Waals surface area contributed by atoms with Crippen LogP contribution < -0.4 is 5.32 Å². The van der Waals surface area contributed by atoms with Gasteiger partial charge in [0.25, 0.3) is 5.91 Å². The summed E-state index contributed by atoms with van der Waals surface area (Å²) in [4.78, 5) is 25.3. The molecule has 0 radical (unpaired) electrons. The first-order chi connectivity index (χ1) is 10.8. The quantitative estimate of drug-likeness (QED) is 0.895. The van der Waals surface area contributed by atoms with Crippen LogP contribution in [-0.4, -0.2) is 41.5 Å². The van der Waals surface area contributed by atoms with E-state index in [-0.39, 0.29) is 17.9 Å². The van der Waals surface area contributed by atoms with E-state index in [1.165, 1.54) is 31.1 Å². The van der Waals surface area contributed by atoms with E-state index >= 15 is 0 Å². The molecule has 2 N–H and O–H groups in total. The summed E-state index contributed by atoms with van der Waals surface area (Å²) in [7, 11) is 3.07. The molecule has 0 bridgehead atoms. The van der Waals surface area contributed by atoms with Gasteiger partial charge < -0.3 is 15.3 Å². The summed E-state index contributed by atoms with van der Waals surface area (Å²) < 4.78 is 13.8. The van der Waals surface area contributed by atoms with Crippen LogP contribution in [0.1, 0.15) is 48.9 Å². The van der Waals surface area contributed by atoms with Gasteiger partial charge in [0.05, 0.1) is 17.6 Å². The van der Waals surface area contributed by atoms with Crippen molar-refractivity contribution in [3.63, 3.8) is 0 Å². The third kappa shape index (κ3) is 4.51. The molecule has 1 fully saturated rings. The number of hydrogen-bond acceptors (Lipinski definition) is 3. The molecule has 2 rings (SSSR count). The average molecular weight is 322 g/mol. The molecule has 2 amide bonds. The largest absolute Gasteiger partial charge is 0.389 e. The van der Waals surface area contributed by atoms with E-state index in [0.29, 0.717) is 18.5 Å². The van der Waals surface area contributed by atoms with Crippen LogP contribution in [-0.2, 0) is 4.79 Å². The molecule has 0 unspecified atom stereocenters. The van der Waals surface area contributed by atoms with Crippen LogP contribution in [0.15, 0.2) is 18.2 Å². The molecular formula is C17H23FN2O3. The number of carbonyl (C=O) groups is 2. The highest BCUT2D eigenvalue weighted by Crippen LogP contribution is 2.31. The zero-order valence-electron chi connectivity index (χ0n) is 13.6. The fourth-order valence-corrected chi connectivity index (χ4v) is 2.90. The van der Waals surface area contributed by atoms with Crippen molar-refractivity contribution in [3.8, 4) is 0 Å². The lowest BCUT2D eigenvalue weighted by Crippen LogP contribution is -2.35. The number of aliphatic hydroxyl groups is 1. The zero-order valence-corrected chi connectivity index (χ0v) is 13.6. The smallest absolute Gasteiger partial charge is 0.256 e. The molecule has 126 valence electrons. The van der Waals surface area contributed by atoms with E-state index < -0.39 is 17.3 Å². The minimum Gasteiger partial charge on any atom is -0.389 e. The maximum absolute atomic E-state index is 13.8. The first-order valence-electron chi connectivity index (χ1n) is 7.84. The Morgan fingerprint density at radius 2 is 1.91 bits per heavy atom. The Morgan fingerprint density at radius 1 is 1.26 bits per heavy atom. The highest BCUT2D eigenvalue weighted by atomic mass is 19.1. The minimum absolute atomic E-state index is 0.0152. The molecular weight excluding hydrogens is 299 g/mol. The molecule has 0 aromatic heterocycles. The normalized spacial score (nSPS) is 16.7. The Balaban J connectivity index is 2.06. The van der Waals surface area contributed by atoms with E-state index in [1.54, 1.807) is 0 Å². The molecule has 0 aliphatic heterocycles. The molecule has 0 atom stereocenters. The molecule has 6 heteroatoms. The van der Waals surface area contributed by atoms with Crippen molar-refractivity contribution in [2.75, 3.05) is 19.4 Å². The SMILES string of the molecule is CN(C)C(=O)c1cc(NC(=O)CC2(O)CCCCC2)ccc1F. The second kappa shape index (κ2) is 7.08. The van der Waals surface area contributed by atoms with Crippen LogP contribution in [0.4, 0.5) is 10.1 Å². The summed E-state index contributed by atoms with van der Waals surface area (Å²) in [6.07, 6.45) is 4.17. The van der Waals surface area contributed by atoms with E-state index in [4.69, 9.17) is 0 Å². The number of benzene rings is 1. The van der Waals surface area contributed by atoms with Gasteiger partial charge in [0.1, 0.15) is 5.82 Å². The number of nitrogens with one attached hydrogen (secondary N) is 1. The Morgan fingerprint density at radius 3 is 2.52 bits per heavy atom. The lowest BCUT2D eigenvalue weighted by atomic mass is 9.82. The Hall–Kier alpha value is -1.95. The number of anilines is 1. The summed E-state index contributed by atoms with van der Waals surface area (Å²) in [5.74, 6) is -1.43. The van der Waals surface area contributed by atoms with E-state index in [1.807, 2.05) is 0 Å². The summed E-state index contributed by atoms with van der Waals surface area (Å²) in [5.41, 5.74) is -0.699. The number of hydrogen-bond donors (Lipinski definition) is 2. The highest BCUT2D eigenvalue weighted by Gasteiger charge is 2.31. The number of rotatable bonds is 4. The number of nitrogens with zero attached hydrogens (tertiary/aromatic N) is 1. The van der Waals surface area contributed by atoms with Gasteiger partial charge in [-0.1, -0.05) is 19.3 Å². The van der Waals surface area contributed by atoms with Crippen LogP contribution in [0.5, 0.6) is 0 Å². The van der Waals surface area contributed by atoms with Crippen LogP contribution in [0.2, 0.25) is 0 Å². The fraction of sp³-hybridized carbons (Fsp3) is 0.529. The van der Waals surface area contributed by atoms with Gasteiger partial charge in [-0.15, -0.1) is 0 Å². The molecule has 1 saturated carbocycles.